The van der Waals surface area contributed by atoms with E-state index in [2.05, 4.69) is 35.5 Å². The number of anilines is 4. The summed E-state index contributed by atoms with van der Waals surface area (Å²) in [7, 11) is 0. The molecule has 0 atom stereocenters. The highest BCUT2D eigenvalue weighted by Crippen LogP contribution is 2.29. The molecule has 1 N–H and O–H groups in total. The van der Waals surface area contributed by atoms with Gasteiger partial charge in [0.1, 0.15) is 11.6 Å². The highest BCUT2D eigenvalue weighted by Gasteiger charge is 2.26. The van der Waals surface area contributed by atoms with Crippen LogP contribution in [0.4, 0.5) is 27.5 Å². The van der Waals surface area contributed by atoms with Gasteiger partial charge in [-0.2, -0.15) is 9.97 Å². The van der Waals surface area contributed by atoms with E-state index >= 15 is 0 Å². The molecule has 0 aliphatic carbocycles. The zero-order valence-electron chi connectivity index (χ0n) is 20.8. The zero-order valence-corrected chi connectivity index (χ0v) is 22.4. The SMILES string of the molecule is O=C(SNc1nc(-c2cccnc2)cs1)N1CCN(c2cc(N3CCCC3)nc(N3CCCC3)n2)CC1. The Balaban J connectivity index is 1.06. The maximum atomic E-state index is 12.9. The number of rotatable bonds is 6. The Morgan fingerprint density at radius 2 is 1.54 bits per heavy atom. The first-order valence-corrected chi connectivity index (χ1v) is 14.6. The third kappa shape index (κ3) is 5.59. The van der Waals surface area contributed by atoms with Crippen molar-refractivity contribution in [3.63, 3.8) is 0 Å². The Morgan fingerprint density at radius 1 is 0.865 bits per heavy atom. The van der Waals surface area contributed by atoms with E-state index < -0.39 is 0 Å². The minimum absolute atomic E-state index is 0.0102. The number of aromatic nitrogens is 4. The minimum Gasteiger partial charge on any atom is -0.356 e. The van der Waals surface area contributed by atoms with E-state index in [0.717, 1.165) is 80.1 Å². The molecule has 1 amide bonds. The zero-order chi connectivity index (χ0) is 25.0. The first-order chi connectivity index (χ1) is 18.2. The van der Waals surface area contributed by atoms with E-state index in [1.54, 1.807) is 12.4 Å². The van der Waals surface area contributed by atoms with Crippen molar-refractivity contribution in [2.75, 3.05) is 71.8 Å². The summed E-state index contributed by atoms with van der Waals surface area (Å²) in [5.74, 6) is 2.86. The van der Waals surface area contributed by atoms with E-state index in [-0.39, 0.29) is 5.24 Å². The predicted octanol–water partition coefficient (Wildman–Crippen LogP) is 4.20. The number of thiazole rings is 1. The molecule has 6 rings (SSSR count). The van der Waals surface area contributed by atoms with Gasteiger partial charge in [0.2, 0.25) is 5.95 Å². The van der Waals surface area contributed by atoms with Gasteiger partial charge in [0.15, 0.2) is 5.13 Å². The molecule has 0 aromatic carbocycles. The van der Waals surface area contributed by atoms with Crippen LogP contribution in [-0.4, -0.2) is 82.4 Å². The number of hydrogen-bond acceptors (Lipinski definition) is 11. The largest absolute Gasteiger partial charge is 0.356 e. The van der Waals surface area contributed by atoms with Gasteiger partial charge in [-0.1, -0.05) is 0 Å². The lowest BCUT2D eigenvalue weighted by atomic mass is 10.2. The van der Waals surface area contributed by atoms with Crippen LogP contribution in [0.15, 0.2) is 36.0 Å². The summed E-state index contributed by atoms with van der Waals surface area (Å²) in [5.41, 5.74) is 1.82. The fourth-order valence-corrected chi connectivity index (χ4v) is 6.39. The maximum Gasteiger partial charge on any atom is 0.302 e. The van der Waals surface area contributed by atoms with Gasteiger partial charge in [-0.15, -0.1) is 11.3 Å². The molecule has 3 saturated heterocycles. The molecule has 3 aromatic heterocycles. The van der Waals surface area contributed by atoms with Crippen molar-refractivity contribution in [1.29, 1.82) is 0 Å². The second kappa shape index (κ2) is 11.1. The molecule has 3 aliphatic rings. The molecule has 3 aromatic rings. The van der Waals surface area contributed by atoms with E-state index in [9.17, 15) is 4.79 Å². The summed E-state index contributed by atoms with van der Waals surface area (Å²) >= 11 is 2.57. The Bertz CT molecular complexity index is 1170. The van der Waals surface area contributed by atoms with Gasteiger partial charge < -0.3 is 19.6 Å². The van der Waals surface area contributed by atoms with Crippen molar-refractivity contribution < 1.29 is 4.79 Å². The lowest BCUT2D eigenvalue weighted by Crippen LogP contribution is -2.48. The smallest absolute Gasteiger partial charge is 0.302 e. The molecule has 0 bridgehead atoms. The van der Waals surface area contributed by atoms with Crippen molar-refractivity contribution in [1.82, 2.24) is 24.8 Å². The Kier molecular flexibility index (Phi) is 7.27. The first kappa shape index (κ1) is 24.2. The van der Waals surface area contributed by atoms with Crippen molar-refractivity contribution in [2.24, 2.45) is 0 Å². The highest BCUT2D eigenvalue weighted by molar-refractivity contribution is 8.14. The van der Waals surface area contributed by atoms with E-state index in [4.69, 9.17) is 9.97 Å². The van der Waals surface area contributed by atoms with Crippen molar-refractivity contribution in [2.45, 2.75) is 25.7 Å². The average molecular weight is 538 g/mol. The molecule has 6 heterocycles. The van der Waals surface area contributed by atoms with Crippen molar-refractivity contribution in [3.8, 4) is 11.3 Å². The monoisotopic (exact) mass is 537 g/mol. The third-order valence-electron chi connectivity index (χ3n) is 7.06. The summed E-state index contributed by atoms with van der Waals surface area (Å²) in [6.07, 6.45) is 8.37. The van der Waals surface area contributed by atoms with Gasteiger partial charge in [0.25, 0.3) is 0 Å². The van der Waals surface area contributed by atoms with Gasteiger partial charge in [-0.25, -0.2) is 4.98 Å². The van der Waals surface area contributed by atoms with Crippen LogP contribution in [0.1, 0.15) is 25.7 Å². The quantitative estimate of drug-likeness (QED) is 0.461. The number of carbonyl (C=O) groups is 1. The summed E-state index contributed by atoms with van der Waals surface area (Å²) in [6.45, 7) is 7.00. The van der Waals surface area contributed by atoms with Crippen LogP contribution in [0, 0.1) is 0 Å². The Labute approximate surface area is 225 Å². The molecule has 3 aliphatic heterocycles. The molecule has 0 spiro atoms. The number of nitrogens with zero attached hydrogens (tertiary/aromatic N) is 8. The van der Waals surface area contributed by atoms with Crippen molar-refractivity contribution in [3.05, 3.63) is 36.0 Å². The maximum absolute atomic E-state index is 12.9. The second-order valence-electron chi connectivity index (χ2n) is 9.50. The Hall–Kier alpha value is -3.12. The van der Waals surface area contributed by atoms with Crippen LogP contribution in [-0.2, 0) is 0 Å². The van der Waals surface area contributed by atoms with E-state index in [0.29, 0.717) is 18.2 Å². The fourth-order valence-electron chi connectivity index (χ4n) is 4.98. The number of hydrogen-bond donors (Lipinski definition) is 1. The third-order valence-corrected chi connectivity index (χ3v) is 8.67. The minimum atomic E-state index is 0.0102. The standard InChI is InChI=1S/C25H31N9OS2/c35-25(37-30-24-27-20(18-36-24)19-6-5-7-26-17-19)34-14-12-32(13-15-34)22-16-21(31-8-1-2-9-31)28-23(29-22)33-10-3-4-11-33/h5-7,16-18H,1-4,8-15H2,(H,27,30). The summed E-state index contributed by atoms with van der Waals surface area (Å²) in [5, 5.41) is 2.69. The lowest BCUT2D eigenvalue weighted by molar-refractivity contribution is 0.219. The van der Waals surface area contributed by atoms with E-state index in [1.807, 2.05) is 22.4 Å². The molecule has 0 unspecified atom stereocenters. The molecule has 37 heavy (non-hydrogen) atoms. The van der Waals surface area contributed by atoms with Gasteiger partial charge in [-0.3, -0.25) is 14.5 Å². The lowest BCUT2D eigenvalue weighted by Gasteiger charge is -2.35. The highest BCUT2D eigenvalue weighted by atomic mass is 32.2. The summed E-state index contributed by atoms with van der Waals surface area (Å²) in [6, 6.07) is 6.01. The topological polar surface area (TPSA) is 93.6 Å². The van der Waals surface area contributed by atoms with Crippen LogP contribution in [0.3, 0.4) is 0 Å². The van der Waals surface area contributed by atoms with Crippen LogP contribution < -0.4 is 19.4 Å². The average Bonchev–Trinajstić information content (AvgIpc) is 3.75. The number of pyridine rings is 1. The van der Waals surface area contributed by atoms with Gasteiger partial charge in [-0.05, 0) is 37.8 Å². The second-order valence-corrected chi connectivity index (χ2v) is 11.1. The van der Waals surface area contributed by atoms with Crippen LogP contribution in [0.5, 0.6) is 0 Å². The van der Waals surface area contributed by atoms with E-state index in [1.165, 1.54) is 37.0 Å². The molecule has 12 heteroatoms. The van der Waals surface area contributed by atoms with Crippen LogP contribution in [0.25, 0.3) is 11.3 Å². The summed E-state index contributed by atoms with van der Waals surface area (Å²) < 4.78 is 3.12. The normalized spacial score (nSPS) is 18.1. The van der Waals surface area contributed by atoms with Crippen LogP contribution >= 0.6 is 23.3 Å². The van der Waals surface area contributed by atoms with Crippen molar-refractivity contribution >= 4 is 51.2 Å². The predicted molar refractivity (Wildman–Crippen MR) is 151 cm³/mol. The number of amides is 1. The molecule has 0 saturated carbocycles. The molecule has 10 nitrogen and oxygen atoms in total. The van der Waals surface area contributed by atoms with Gasteiger partial charge in [0, 0.05) is 93.7 Å². The molecular weight excluding hydrogens is 506 g/mol. The number of nitrogens with one attached hydrogen (secondary N) is 1. The molecule has 3 fully saturated rings. The van der Waals surface area contributed by atoms with Gasteiger partial charge in [0.05, 0.1) is 5.69 Å². The molecule has 0 radical (unpaired) electrons. The molecule has 194 valence electrons. The summed E-state index contributed by atoms with van der Waals surface area (Å²) in [4.78, 5) is 40.4. The van der Waals surface area contributed by atoms with Crippen LogP contribution in [0.2, 0.25) is 0 Å². The first-order valence-electron chi connectivity index (χ1n) is 12.9. The number of carbonyl (C=O) groups excluding carboxylic acids is 1. The fraction of sp³-hybridized carbons (Fsp3) is 0.480. The van der Waals surface area contributed by atoms with Gasteiger partial charge >= 0.3 is 5.24 Å². The molecular formula is C25H31N9OS2. The number of piperazine rings is 1. The Morgan fingerprint density at radius 3 is 2.22 bits per heavy atom.